The fourth-order valence-corrected chi connectivity index (χ4v) is 2.76. The highest BCUT2D eigenvalue weighted by atomic mass is 32.1. The summed E-state index contributed by atoms with van der Waals surface area (Å²) in [7, 11) is 0. The molecule has 1 amide bonds. The lowest BCUT2D eigenvalue weighted by Gasteiger charge is -2.34. The number of thiazole rings is 1. The van der Waals surface area contributed by atoms with Crippen LogP contribution in [0.1, 0.15) is 38.5 Å². The summed E-state index contributed by atoms with van der Waals surface area (Å²) >= 11 is 1.65. The van der Waals surface area contributed by atoms with E-state index in [0.717, 1.165) is 25.9 Å². The highest BCUT2D eigenvalue weighted by Gasteiger charge is 2.27. The average molecular weight is 297 g/mol. The molecule has 6 heteroatoms. The molecule has 1 saturated heterocycles. The fourth-order valence-electron chi connectivity index (χ4n) is 2.21. The number of nitrogens with zero attached hydrogens (tertiary/aromatic N) is 2. The zero-order valence-corrected chi connectivity index (χ0v) is 13.2. The molecule has 1 aliphatic rings. The SMILES string of the molecule is CC(C)(C)OC(=O)N1CCCC(NCc2cncs2)C1. The molecule has 5 nitrogen and oxygen atoms in total. The lowest BCUT2D eigenvalue weighted by molar-refractivity contribution is 0.0187. The smallest absolute Gasteiger partial charge is 0.410 e. The lowest BCUT2D eigenvalue weighted by atomic mass is 10.1. The van der Waals surface area contributed by atoms with Gasteiger partial charge >= 0.3 is 6.09 Å². The third-order valence-electron chi connectivity index (χ3n) is 3.12. The first-order valence-electron chi connectivity index (χ1n) is 7.03. The van der Waals surface area contributed by atoms with Gasteiger partial charge in [-0.25, -0.2) is 4.79 Å². The van der Waals surface area contributed by atoms with Crippen LogP contribution in [0.15, 0.2) is 11.7 Å². The molecule has 1 atom stereocenters. The van der Waals surface area contributed by atoms with E-state index in [2.05, 4.69) is 10.3 Å². The second-order valence-corrected chi connectivity index (χ2v) is 7.09. The Morgan fingerprint density at radius 2 is 2.40 bits per heavy atom. The number of amides is 1. The first kappa shape index (κ1) is 15.3. The van der Waals surface area contributed by atoms with Crippen LogP contribution in [0.25, 0.3) is 0 Å². The van der Waals surface area contributed by atoms with E-state index in [1.165, 1.54) is 4.88 Å². The summed E-state index contributed by atoms with van der Waals surface area (Å²) in [6, 6.07) is 0.332. The molecular weight excluding hydrogens is 274 g/mol. The van der Waals surface area contributed by atoms with Crippen LogP contribution in [0.2, 0.25) is 0 Å². The van der Waals surface area contributed by atoms with Gasteiger partial charge in [-0.3, -0.25) is 4.98 Å². The van der Waals surface area contributed by atoms with E-state index in [9.17, 15) is 4.79 Å². The van der Waals surface area contributed by atoms with E-state index in [-0.39, 0.29) is 6.09 Å². The van der Waals surface area contributed by atoms with Crippen LogP contribution in [-0.2, 0) is 11.3 Å². The van der Waals surface area contributed by atoms with E-state index >= 15 is 0 Å². The fraction of sp³-hybridized carbons (Fsp3) is 0.714. The third-order valence-corrected chi connectivity index (χ3v) is 3.90. The predicted molar refractivity (Wildman–Crippen MR) is 79.8 cm³/mol. The molecule has 1 aromatic heterocycles. The van der Waals surface area contributed by atoms with Gasteiger partial charge < -0.3 is 15.0 Å². The van der Waals surface area contributed by atoms with E-state index in [1.54, 1.807) is 16.2 Å². The van der Waals surface area contributed by atoms with Gasteiger partial charge in [0.25, 0.3) is 0 Å². The monoisotopic (exact) mass is 297 g/mol. The highest BCUT2D eigenvalue weighted by molar-refractivity contribution is 7.09. The van der Waals surface area contributed by atoms with Crippen LogP contribution < -0.4 is 5.32 Å². The standard InChI is InChI=1S/C14H23N3O2S/c1-14(2,3)19-13(18)17-6-4-5-11(9-17)16-8-12-7-15-10-20-12/h7,10-11,16H,4-6,8-9H2,1-3H3. The number of aromatic nitrogens is 1. The number of rotatable bonds is 3. The maximum Gasteiger partial charge on any atom is 0.410 e. The number of ether oxygens (including phenoxy) is 1. The molecule has 1 N–H and O–H groups in total. The van der Waals surface area contributed by atoms with E-state index in [1.807, 2.05) is 32.5 Å². The Kier molecular flexibility index (Phi) is 4.99. The van der Waals surface area contributed by atoms with Crippen molar-refractivity contribution in [3.05, 3.63) is 16.6 Å². The molecule has 0 aliphatic carbocycles. The Morgan fingerprint density at radius 1 is 1.60 bits per heavy atom. The minimum atomic E-state index is -0.430. The van der Waals surface area contributed by atoms with Crippen molar-refractivity contribution in [1.82, 2.24) is 15.2 Å². The molecule has 20 heavy (non-hydrogen) atoms. The van der Waals surface area contributed by atoms with E-state index < -0.39 is 5.60 Å². The van der Waals surface area contributed by atoms with Crippen molar-refractivity contribution in [2.75, 3.05) is 13.1 Å². The second kappa shape index (κ2) is 6.54. The largest absolute Gasteiger partial charge is 0.444 e. The minimum absolute atomic E-state index is 0.207. The van der Waals surface area contributed by atoms with Gasteiger partial charge in [-0.15, -0.1) is 11.3 Å². The summed E-state index contributed by atoms with van der Waals surface area (Å²) in [5.41, 5.74) is 1.41. The van der Waals surface area contributed by atoms with Crippen molar-refractivity contribution in [2.24, 2.45) is 0 Å². The quantitative estimate of drug-likeness (QED) is 0.932. The number of hydrogen-bond donors (Lipinski definition) is 1. The molecule has 0 radical (unpaired) electrons. The topological polar surface area (TPSA) is 54.5 Å². The van der Waals surface area contributed by atoms with Crippen molar-refractivity contribution in [1.29, 1.82) is 0 Å². The van der Waals surface area contributed by atoms with E-state index in [4.69, 9.17) is 4.74 Å². The number of carbonyl (C=O) groups excluding carboxylic acids is 1. The molecule has 1 unspecified atom stereocenters. The molecule has 0 aromatic carbocycles. The molecule has 2 rings (SSSR count). The van der Waals surface area contributed by atoms with Gasteiger partial charge in [-0.2, -0.15) is 0 Å². The van der Waals surface area contributed by atoms with E-state index in [0.29, 0.717) is 12.6 Å². The van der Waals surface area contributed by atoms with Gasteiger partial charge in [-0.05, 0) is 33.6 Å². The van der Waals surface area contributed by atoms with Crippen LogP contribution in [0.4, 0.5) is 4.79 Å². The normalized spacial score (nSPS) is 19.9. The Bertz CT molecular complexity index is 428. The molecule has 1 aliphatic heterocycles. The first-order chi connectivity index (χ1) is 9.44. The third kappa shape index (κ3) is 4.76. The molecule has 2 heterocycles. The molecule has 1 aromatic rings. The van der Waals surface area contributed by atoms with Crippen molar-refractivity contribution in [2.45, 2.75) is 51.8 Å². The zero-order chi connectivity index (χ0) is 14.6. The summed E-state index contributed by atoms with van der Waals surface area (Å²) in [5, 5.41) is 3.49. The minimum Gasteiger partial charge on any atom is -0.444 e. The number of nitrogens with one attached hydrogen (secondary N) is 1. The number of likely N-dealkylation sites (tertiary alicyclic amines) is 1. The summed E-state index contributed by atoms with van der Waals surface area (Å²) < 4.78 is 5.43. The number of carbonyl (C=O) groups is 1. The van der Waals surface area contributed by atoms with Gasteiger partial charge in [-0.1, -0.05) is 0 Å². The van der Waals surface area contributed by atoms with Gasteiger partial charge in [0.15, 0.2) is 0 Å². The molecule has 1 fully saturated rings. The van der Waals surface area contributed by atoms with Gasteiger partial charge in [0.2, 0.25) is 0 Å². The van der Waals surface area contributed by atoms with Crippen LogP contribution in [0.5, 0.6) is 0 Å². The molecule has 0 saturated carbocycles. The maximum absolute atomic E-state index is 12.1. The van der Waals surface area contributed by atoms with Gasteiger partial charge in [0, 0.05) is 36.8 Å². The van der Waals surface area contributed by atoms with Gasteiger partial charge in [0.1, 0.15) is 5.60 Å². The second-order valence-electron chi connectivity index (χ2n) is 6.11. The molecule has 0 spiro atoms. The van der Waals surface area contributed by atoms with Crippen molar-refractivity contribution < 1.29 is 9.53 Å². The Morgan fingerprint density at radius 3 is 3.05 bits per heavy atom. The van der Waals surface area contributed by atoms with Crippen LogP contribution >= 0.6 is 11.3 Å². The summed E-state index contributed by atoms with van der Waals surface area (Å²) in [4.78, 5) is 19.1. The molecule has 112 valence electrons. The van der Waals surface area contributed by atoms with Crippen molar-refractivity contribution >= 4 is 17.4 Å². The Labute approximate surface area is 124 Å². The summed E-state index contributed by atoms with van der Waals surface area (Å²) in [6.45, 7) is 8.01. The first-order valence-corrected chi connectivity index (χ1v) is 7.91. The van der Waals surface area contributed by atoms with Crippen molar-refractivity contribution in [3.8, 4) is 0 Å². The summed E-state index contributed by atoms with van der Waals surface area (Å²) in [5.74, 6) is 0. The summed E-state index contributed by atoms with van der Waals surface area (Å²) in [6.07, 6.45) is 3.78. The van der Waals surface area contributed by atoms with Crippen LogP contribution in [-0.4, -0.2) is 40.7 Å². The van der Waals surface area contributed by atoms with Crippen molar-refractivity contribution in [3.63, 3.8) is 0 Å². The predicted octanol–water partition coefficient (Wildman–Crippen LogP) is 2.63. The Hall–Kier alpha value is -1.14. The number of hydrogen-bond acceptors (Lipinski definition) is 5. The van der Waals surface area contributed by atoms with Crippen LogP contribution in [0.3, 0.4) is 0 Å². The molecular formula is C14H23N3O2S. The zero-order valence-electron chi connectivity index (χ0n) is 12.4. The Balaban J connectivity index is 1.80. The lowest BCUT2D eigenvalue weighted by Crippen LogP contribution is -2.49. The van der Waals surface area contributed by atoms with Crippen LogP contribution in [0, 0.1) is 0 Å². The maximum atomic E-state index is 12.1. The average Bonchev–Trinajstić information content (AvgIpc) is 2.88. The molecule has 0 bridgehead atoms. The number of piperidine rings is 1. The highest BCUT2D eigenvalue weighted by Crippen LogP contribution is 2.16. The van der Waals surface area contributed by atoms with Gasteiger partial charge in [0.05, 0.1) is 5.51 Å².